The normalized spacial score (nSPS) is 19.5. The van der Waals surface area contributed by atoms with Crippen molar-refractivity contribution in [2.24, 2.45) is 0 Å². The summed E-state index contributed by atoms with van der Waals surface area (Å²) in [6, 6.07) is 11.1. The molecular formula is C19H17F3N2O4. The van der Waals surface area contributed by atoms with Crippen molar-refractivity contribution in [1.29, 1.82) is 0 Å². The van der Waals surface area contributed by atoms with E-state index in [2.05, 4.69) is 10.1 Å². The second-order valence-corrected chi connectivity index (χ2v) is 6.37. The highest BCUT2D eigenvalue weighted by Crippen LogP contribution is 2.31. The van der Waals surface area contributed by atoms with Crippen LogP contribution in [0, 0.1) is 0 Å². The summed E-state index contributed by atoms with van der Waals surface area (Å²) >= 11 is 0. The van der Waals surface area contributed by atoms with Crippen LogP contribution in [-0.2, 0) is 16.9 Å². The molecule has 2 aromatic rings. The Kier molecular flexibility index (Phi) is 4.93. The van der Waals surface area contributed by atoms with Gasteiger partial charge < -0.3 is 14.8 Å². The first-order chi connectivity index (χ1) is 13.1. The summed E-state index contributed by atoms with van der Waals surface area (Å²) in [5.74, 6) is -0.225. The van der Waals surface area contributed by atoms with E-state index in [9.17, 15) is 22.8 Å². The second-order valence-electron chi connectivity index (χ2n) is 6.37. The van der Waals surface area contributed by atoms with Gasteiger partial charge in [-0.05, 0) is 42.3 Å². The van der Waals surface area contributed by atoms with Crippen molar-refractivity contribution in [3.8, 4) is 11.5 Å². The predicted molar refractivity (Wildman–Crippen MR) is 92.6 cm³/mol. The highest BCUT2D eigenvalue weighted by atomic mass is 19.4. The monoisotopic (exact) mass is 394 g/mol. The zero-order chi connectivity index (χ0) is 20.5. The molecule has 6 nitrogen and oxygen atoms in total. The van der Waals surface area contributed by atoms with Crippen molar-refractivity contribution in [3.05, 3.63) is 59.7 Å². The first-order valence-corrected chi connectivity index (χ1v) is 8.26. The molecule has 3 rings (SSSR count). The topological polar surface area (TPSA) is 67.9 Å². The average molecular weight is 394 g/mol. The molecule has 9 heteroatoms. The van der Waals surface area contributed by atoms with E-state index in [1.807, 2.05) is 0 Å². The van der Waals surface area contributed by atoms with E-state index in [-0.39, 0.29) is 12.3 Å². The van der Waals surface area contributed by atoms with Crippen LogP contribution in [0.15, 0.2) is 48.5 Å². The first kappa shape index (κ1) is 19.5. The highest BCUT2D eigenvalue weighted by molar-refractivity contribution is 6.07. The Labute approximate surface area is 158 Å². The maximum Gasteiger partial charge on any atom is 0.573 e. The number of hydrogen-bond donors (Lipinski definition) is 1. The van der Waals surface area contributed by atoms with E-state index >= 15 is 0 Å². The molecule has 1 atom stereocenters. The summed E-state index contributed by atoms with van der Waals surface area (Å²) < 4.78 is 45.6. The zero-order valence-corrected chi connectivity index (χ0v) is 15.0. The molecule has 3 amide bonds. The number of carbonyl (C=O) groups excluding carboxylic acids is 2. The minimum absolute atomic E-state index is 0.0806. The van der Waals surface area contributed by atoms with Gasteiger partial charge in [0.15, 0.2) is 0 Å². The molecule has 1 heterocycles. The fourth-order valence-electron chi connectivity index (χ4n) is 2.94. The van der Waals surface area contributed by atoms with Gasteiger partial charge in [-0.3, -0.25) is 9.69 Å². The third kappa shape index (κ3) is 3.88. The molecule has 0 spiro atoms. The van der Waals surface area contributed by atoms with E-state index < -0.39 is 23.8 Å². The third-order valence-corrected chi connectivity index (χ3v) is 4.44. The second kappa shape index (κ2) is 7.06. The molecule has 0 aromatic heterocycles. The molecule has 0 radical (unpaired) electrons. The fraction of sp³-hybridized carbons (Fsp3) is 0.263. The van der Waals surface area contributed by atoms with Crippen molar-refractivity contribution < 1.29 is 32.2 Å². The van der Waals surface area contributed by atoms with Crippen LogP contribution < -0.4 is 14.8 Å². The number of rotatable bonds is 5. The number of methoxy groups -OCH3 is 1. The number of nitrogens with one attached hydrogen (secondary N) is 1. The van der Waals surface area contributed by atoms with Gasteiger partial charge in [0.25, 0.3) is 5.91 Å². The van der Waals surface area contributed by atoms with Crippen molar-refractivity contribution in [1.82, 2.24) is 10.2 Å². The zero-order valence-electron chi connectivity index (χ0n) is 15.0. The van der Waals surface area contributed by atoms with Crippen LogP contribution in [0.3, 0.4) is 0 Å². The lowest BCUT2D eigenvalue weighted by Gasteiger charge is -2.22. The van der Waals surface area contributed by atoms with Gasteiger partial charge in [0, 0.05) is 0 Å². The van der Waals surface area contributed by atoms with Gasteiger partial charge in [-0.1, -0.05) is 24.3 Å². The summed E-state index contributed by atoms with van der Waals surface area (Å²) in [5.41, 5.74) is -0.178. The Hall–Kier alpha value is -3.23. The summed E-state index contributed by atoms with van der Waals surface area (Å²) in [5, 5.41) is 2.67. The molecule has 1 N–H and O–H groups in total. The van der Waals surface area contributed by atoms with E-state index in [4.69, 9.17) is 4.74 Å². The smallest absolute Gasteiger partial charge is 0.497 e. The molecule has 1 aliphatic rings. The Morgan fingerprint density at radius 2 is 1.57 bits per heavy atom. The van der Waals surface area contributed by atoms with Gasteiger partial charge in [0.2, 0.25) is 0 Å². The van der Waals surface area contributed by atoms with Crippen molar-refractivity contribution in [2.45, 2.75) is 25.4 Å². The first-order valence-electron chi connectivity index (χ1n) is 8.26. The van der Waals surface area contributed by atoms with Crippen molar-refractivity contribution >= 4 is 11.9 Å². The Bertz CT molecular complexity index is 882. The average Bonchev–Trinajstić information content (AvgIpc) is 2.86. The van der Waals surface area contributed by atoms with Crippen LogP contribution >= 0.6 is 0 Å². The fourth-order valence-corrected chi connectivity index (χ4v) is 2.94. The van der Waals surface area contributed by atoms with Crippen LogP contribution in [0.5, 0.6) is 11.5 Å². The van der Waals surface area contributed by atoms with E-state index in [0.717, 1.165) is 17.0 Å². The van der Waals surface area contributed by atoms with E-state index in [1.54, 1.807) is 31.2 Å². The number of urea groups is 1. The van der Waals surface area contributed by atoms with Gasteiger partial charge in [-0.2, -0.15) is 0 Å². The predicted octanol–water partition coefficient (Wildman–Crippen LogP) is 3.56. The summed E-state index contributed by atoms with van der Waals surface area (Å²) in [4.78, 5) is 26.3. The minimum Gasteiger partial charge on any atom is -0.497 e. The number of amides is 3. The van der Waals surface area contributed by atoms with Crippen LogP contribution in [0.2, 0.25) is 0 Å². The summed E-state index contributed by atoms with van der Waals surface area (Å²) in [6.07, 6.45) is -4.79. The van der Waals surface area contributed by atoms with Gasteiger partial charge in [0.1, 0.15) is 17.0 Å². The SMILES string of the molecule is COc1ccc(C2(C)NC(=O)N(Cc3ccc(OC(F)(F)F)cc3)C2=O)cc1. The largest absolute Gasteiger partial charge is 0.573 e. The van der Waals surface area contributed by atoms with Gasteiger partial charge in [-0.15, -0.1) is 13.2 Å². The van der Waals surface area contributed by atoms with Crippen molar-refractivity contribution in [2.75, 3.05) is 7.11 Å². The van der Waals surface area contributed by atoms with Crippen LogP contribution in [0.4, 0.5) is 18.0 Å². The number of ether oxygens (including phenoxy) is 2. The van der Waals surface area contributed by atoms with E-state index in [0.29, 0.717) is 16.9 Å². The highest BCUT2D eigenvalue weighted by Gasteiger charge is 2.48. The number of imide groups is 1. The van der Waals surface area contributed by atoms with Crippen molar-refractivity contribution in [3.63, 3.8) is 0 Å². The number of alkyl halides is 3. The van der Waals surface area contributed by atoms with Gasteiger partial charge >= 0.3 is 12.4 Å². The van der Waals surface area contributed by atoms with Crippen LogP contribution in [0.25, 0.3) is 0 Å². The van der Waals surface area contributed by atoms with Crippen LogP contribution in [0.1, 0.15) is 18.1 Å². The molecule has 148 valence electrons. The maximum atomic E-state index is 12.9. The standard InChI is InChI=1S/C19H17F3N2O4/c1-18(13-5-9-14(27-2)10-6-13)16(25)24(17(26)23-18)11-12-3-7-15(8-4-12)28-19(20,21)22/h3-10H,11H2,1-2H3,(H,23,26). The third-order valence-electron chi connectivity index (χ3n) is 4.44. The van der Waals surface area contributed by atoms with Gasteiger partial charge in [-0.25, -0.2) is 4.79 Å². The molecule has 0 bridgehead atoms. The molecule has 0 saturated carbocycles. The molecular weight excluding hydrogens is 377 g/mol. The Morgan fingerprint density at radius 3 is 2.11 bits per heavy atom. The molecule has 1 aliphatic heterocycles. The molecule has 0 aliphatic carbocycles. The molecule has 1 saturated heterocycles. The number of hydrogen-bond acceptors (Lipinski definition) is 4. The van der Waals surface area contributed by atoms with E-state index in [1.165, 1.54) is 19.2 Å². The molecule has 28 heavy (non-hydrogen) atoms. The number of nitrogens with zero attached hydrogens (tertiary/aromatic N) is 1. The van der Waals surface area contributed by atoms with Crippen LogP contribution in [-0.4, -0.2) is 30.3 Å². The lowest BCUT2D eigenvalue weighted by molar-refractivity contribution is -0.274. The minimum atomic E-state index is -4.79. The number of carbonyl (C=O) groups is 2. The molecule has 1 unspecified atom stereocenters. The number of benzene rings is 2. The maximum absolute atomic E-state index is 12.9. The lowest BCUT2D eigenvalue weighted by atomic mass is 9.92. The number of halogens is 3. The summed E-state index contributed by atoms with van der Waals surface area (Å²) in [6.45, 7) is 1.51. The summed E-state index contributed by atoms with van der Waals surface area (Å²) in [7, 11) is 1.52. The lowest BCUT2D eigenvalue weighted by Crippen LogP contribution is -2.40. The Balaban J connectivity index is 1.76. The molecule has 2 aromatic carbocycles. The Morgan fingerprint density at radius 1 is 1.00 bits per heavy atom. The van der Waals surface area contributed by atoms with Gasteiger partial charge in [0.05, 0.1) is 13.7 Å². The molecule has 1 fully saturated rings. The quantitative estimate of drug-likeness (QED) is 0.788.